The molecule has 0 bridgehead atoms. The number of nitrogens with one attached hydrogen (secondary N) is 1. The van der Waals surface area contributed by atoms with Crippen LogP contribution in [0.1, 0.15) is 26.3 Å². The first kappa shape index (κ1) is 14.9. The molecule has 4 heteroatoms. The summed E-state index contributed by atoms with van der Waals surface area (Å²) in [5.41, 5.74) is -0.954. The Kier molecular flexibility index (Phi) is 5.11. The molecule has 1 unspecified atom stereocenters. The Hall–Kier alpha value is -1.13. The highest BCUT2D eigenvalue weighted by atomic mass is 19.1. The molecular formula is C14H22FNO2. The van der Waals surface area contributed by atoms with E-state index in [0.29, 0.717) is 18.2 Å². The molecule has 1 rings (SSSR count). The van der Waals surface area contributed by atoms with Crippen molar-refractivity contribution >= 4 is 0 Å². The number of benzene rings is 1. The topological polar surface area (TPSA) is 41.5 Å². The lowest BCUT2D eigenvalue weighted by Crippen LogP contribution is -2.37. The largest absolute Gasteiger partial charge is 0.497 e. The summed E-state index contributed by atoms with van der Waals surface area (Å²) in [4.78, 5) is 0. The molecule has 0 spiro atoms. The van der Waals surface area contributed by atoms with Crippen molar-refractivity contribution in [2.45, 2.75) is 26.4 Å². The van der Waals surface area contributed by atoms with E-state index in [1.807, 2.05) is 0 Å². The maximum atomic E-state index is 13.9. The number of rotatable bonds is 6. The van der Waals surface area contributed by atoms with Gasteiger partial charge in [0.05, 0.1) is 7.11 Å². The van der Waals surface area contributed by atoms with Crippen LogP contribution < -0.4 is 10.1 Å². The molecule has 0 aromatic heterocycles. The lowest BCUT2D eigenvalue weighted by atomic mass is 9.95. The van der Waals surface area contributed by atoms with Crippen LogP contribution in [0.5, 0.6) is 5.75 Å². The normalized spacial score (nSPS) is 14.6. The van der Waals surface area contributed by atoms with Gasteiger partial charge in [-0.15, -0.1) is 0 Å². The van der Waals surface area contributed by atoms with Crippen LogP contribution in [0.15, 0.2) is 18.2 Å². The van der Waals surface area contributed by atoms with E-state index in [-0.39, 0.29) is 5.56 Å². The van der Waals surface area contributed by atoms with Gasteiger partial charge in [-0.1, -0.05) is 13.8 Å². The second-order valence-corrected chi connectivity index (χ2v) is 5.14. The standard InChI is InChI=1S/C14H22FNO2/c1-10(2)8-16-9-14(3,17)12-6-5-11(18-4)7-13(12)15/h5-7,10,16-17H,8-9H2,1-4H3. The molecule has 0 aliphatic heterocycles. The number of aliphatic hydroxyl groups is 1. The van der Waals surface area contributed by atoms with Gasteiger partial charge in [0.1, 0.15) is 17.2 Å². The molecule has 0 aliphatic carbocycles. The molecule has 0 radical (unpaired) electrons. The third-order valence-electron chi connectivity index (χ3n) is 2.78. The molecule has 2 N–H and O–H groups in total. The Bertz CT molecular complexity index is 391. The first-order valence-electron chi connectivity index (χ1n) is 6.14. The number of halogens is 1. The van der Waals surface area contributed by atoms with Crippen molar-refractivity contribution in [3.63, 3.8) is 0 Å². The van der Waals surface area contributed by atoms with Gasteiger partial charge in [-0.25, -0.2) is 4.39 Å². The second kappa shape index (κ2) is 6.16. The second-order valence-electron chi connectivity index (χ2n) is 5.14. The molecule has 1 aromatic rings. The van der Waals surface area contributed by atoms with Crippen molar-refractivity contribution in [2.24, 2.45) is 5.92 Å². The highest BCUT2D eigenvalue weighted by molar-refractivity contribution is 5.32. The molecular weight excluding hydrogens is 233 g/mol. The highest BCUT2D eigenvalue weighted by Gasteiger charge is 2.26. The Morgan fingerprint density at radius 2 is 2.11 bits per heavy atom. The van der Waals surface area contributed by atoms with Gasteiger partial charge in [-0.2, -0.15) is 0 Å². The molecule has 0 heterocycles. The smallest absolute Gasteiger partial charge is 0.133 e. The van der Waals surface area contributed by atoms with Gasteiger partial charge < -0.3 is 15.2 Å². The van der Waals surface area contributed by atoms with E-state index >= 15 is 0 Å². The van der Waals surface area contributed by atoms with Crippen molar-refractivity contribution in [3.8, 4) is 5.75 Å². The average molecular weight is 255 g/mol. The van der Waals surface area contributed by atoms with Crippen LogP contribution in [0.3, 0.4) is 0 Å². The summed E-state index contributed by atoms with van der Waals surface area (Å²) >= 11 is 0. The summed E-state index contributed by atoms with van der Waals surface area (Å²) in [5.74, 6) is 0.481. The van der Waals surface area contributed by atoms with Crippen molar-refractivity contribution in [3.05, 3.63) is 29.6 Å². The third-order valence-corrected chi connectivity index (χ3v) is 2.78. The Morgan fingerprint density at radius 1 is 1.44 bits per heavy atom. The molecule has 0 amide bonds. The quantitative estimate of drug-likeness (QED) is 0.819. The van der Waals surface area contributed by atoms with Gasteiger partial charge in [0.2, 0.25) is 0 Å². The minimum Gasteiger partial charge on any atom is -0.497 e. The van der Waals surface area contributed by atoms with Crippen LogP contribution in [-0.2, 0) is 5.60 Å². The molecule has 1 aromatic carbocycles. The summed E-state index contributed by atoms with van der Waals surface area (Å²) in [5, 5.41) is 13.4. The molecule has 3 nitrogen and oxygen atoms in total. The Labute approximate surface area is 108 Å². The molecule has 0 saturated carbocycles. The lowest BCUT2D eigenvalue weighted by molar-refractivity contribution is 0.0526. The van der Waals surface area contributed by atoms with Crippen molar-refractivity contribution in [2.75, 3.05) is 20.2 Å². The fourth-order valence-corrected chi connectivity index (χ4v) is 1.76. The van der Waals surface area contributed by atoms with E-state index in [9.17, 15) is 9.50 Å². The first-order valence-corrected chi connectivity index (χ1v) is 6.14. The van der Waals surface area contributed by atoms with Crippen LogP contribution in [0.4, 0.5) is 4.39 Å². The third kappa shape index (κ3) is 3.96. The highest BCUT2D eigenvalue weighted by Crippen LogP contribution is 2.26. The zero-order chi connectivity index (χ0) is 13.8. The number of methoxy groups -OCH3 is 1. The van der Waals surface area contributed by atoms with Crippen molar-refractivity contribution in [1.29, 1.82) is 0 Å². The summed E-state index contributed by atoms with van der Waals surface area (Å²) in [6.45, 7) is 6.86. The van der Waals surface area contributed by atoms with Gasteiger partial charge in [0.15, 0.2) is 0 Å². The lowest BCUT2D eigenvalue weighted by Gasteiger charge is -2.25. The summed E-state index contributed by atoms with van der Waals surface area (Å²) in [6, 6.07) is 4.49. The van der Waals surface area contributed by atoms with E-state index in [1.165, 1.54) is 13.2 Å². The predicted molar refractivity (Wildman–Crippen MR) is 70.2 cm³/mol. The minimum atomic E-state index is -1.23. The fourth-order valence-electron chi connectivity index (χ4n) is 1.76. The van der Waals surface area contributed by atoms with Crippen LogP contribution in [-0.4, -0.2) is 25.3 Å². The zero-order valence-corrected chi connectivity index (χ0v) is 11.5. The van der Waals surface area contributed by atoms with E-state index in [1.54, 1.807) is 19.1 Å². The van der Waals surface area contributed by atoms with Crippen LogP contribution in [0, 0.1) is 11.7 Å². The molecule has 1 atom stereocenters. The Balaban J connectivity index is 2.77. The number of ether oxygens (including phenoxy) is 1. The molecule has 102 valence electrons. The SMILES string of the molecule is COc1ccc(C(C)(O)CNCC(C)C)c(F)c1. The van der Waals surface area contributed by atoms with E-state index in [4.69, 9.17) is 4.74 Å². The van der Waals surface area contributed by atoms with Gasteiger partial charge in [-0.05, 0) is 31.5 Å². The van der Waals surface area contributed by atoms with Gasteiger partial charge in [0, 0.05) is 18.2 Å². The van der Waals surface area contributed by atoms with Gasteiger partial charge in [0.25, 0.3) is 0 Å². The maximum Gasteiger partial charge on any atom is 0.133 e. The van der Waals surface area contributed by atoms with Crippen LogP contribution in [0.2, 0.25) is 0 Å². The van der Waals surface area contributed by atoms with Crippen molar-refractivity contribution < 1.29 is 14.2 Å². The van der Waals surface area contributed by atoms with E-state index in [2.05, 4.69) is 19.2 Å². The first-order chi connectivity index (χ1) is 8.36. The monoisotopic (exact) mass is 255 g/mol. The molecule has 18 heavy (non-hydrogen) atoms. The van der Waals surface area contributed by atoms with E-state index < -0.39 is 11.4 Å². The van der Waals surface area contributed by atoms with E-state index in [0.717, 1.165) is 6.54 Å². The molecule has 0 saturated heterocycles. The minimum absolute atomic E-state index is 0.277. The average Bonchev–Trinajstić information content (AvgIpc) is 2.27. The van der Waals surface area contributed by atoms with Crippen molar-refractivity contribution in [1.82, 2.24) is 5.32 Å². The predicted octanol–water partition coefficient (Wildman–Crippen LogP) is 2.29. The Morgan fingerprint density at radius 3 is 2.61 bits per heavy atom. The summed E-state index contributed by atoms with van der Waals surface area (Å²) in [7, 11) is 1.48. The van der Waals surface area contributed by atoms with Gasteiger partial charge in [-0.3, -0.25) is 0 Å². The molecule has 0 fully saturated rings. The number of hydrogen-bond donors (Lipinski definition) is 2. The fraction of sp³-hybridized carbons (Fsp3) is 0.571. The zero-order valence-electron chi connectivity index (χ0n) is 11.5. The van der Waals surface area contributed by atoms with Crippen LogP contribution >= 0.6 is 0 Å². The molecule has 0 aliphatic rings. The summed E-state index contributed by atoms with van der Waals surface area (Å²) in [6.07, 6.45) is 0. The van der Waals surface area contributed by atoms with Gasteiger partial charge >= 0.3 is 0 Å². The summed E-state index contributed by atoms with van der Waals surface area (Å²) < 4.78 is 18.8. The maximum absolute atomic E-state index is 13.9. The van der Waals surface area contributed by atoms with Crippen LogP contribution in [0.25, 0.3) is 0 Å². The number of hydrogen-bond acceptors (Lipinski definition) is 3.